The molecule has 0 aliphatic rings. The fourth-order valence-electron chi connectivity index (χ4n) is 2.55. The van der Waals surface area contributed by atoms with Gasteiger partial charge in [-0.25, -0.2) is 13.1 Å². The standard InChI is InChI=1S/C21H26N2O5S/c1-3-28-18-8-6-17(7-9-18)20(24)12-13-21(25)22-14-15-23-29(26,27)19-10-4-16(2)5-11-19/h4-11,23H,3,12-15H2,1-2H3,(H,22,25). The first kappa shape index (κ1) is 22.6. The normalized spacial score (nSPS) is 11.1. The molecule has 2 rings (SSSR count). The minimum Gasteiger partial charge on any atom is -0.494 e. The van der Waals surface area contributed by atoms with Gasteiger partial charge in [-0.05, 0) is 50.2 Å². The predicted molar refractivity (Wildman–Crippen MR) is 111 cm³/mol. The van der Waals surface area contributed by atoms with Crippen molar-refractivity contribution in [1.29, 1.82) is 0 Å². The number of sulfonamides is 1. The maximum absolute atomic E-state index is 12.1. The van der Waals surface area contributed by atoms with Gasteiger partial charge in [-0.2, -0.15) is 0 Å². The molecule has 7 nitrogen and oxygen atoms in total. The van der Waals surface area contributed by atoms with Crippen LogP contribution in [0.25, 0.3) is 0 Å². The highest BCUT2D eigenvalue weighted by Crippen LogP contribution is 2.14. The molecule has 0 aromatic heterocycles. The quantitative estimate of drug-likeness (QED) is 0.431. The lowest BCUT2D eigenvalue weighted by Crippen LogP contribution is -2.34. The van der Waals surface area contributed by atoms with Crippen molar-refractivity contribution in [3.05, 3.63) is 59.7 Å². The molecule has 0 atom stereocenters. The zero-order chi connectivity index (χ0) is 21.3. The van der Waals surface area contributed by atoms with Gasteiger partial charge >= 0.3 is 0 Å². The summed E-state index contributed by atoms with van der Waals surface area (Å²) in [6.45, 7) is 4.51. The second-order valence-corrected chi connectivity index (χ2v) is 8.21. The molecule has 0 saturated heterocycles. The SMILES string of the molecule is CCOc1ccc(C(=O)CCC(=O)NCCNS(=O)(=O)c2ccc(C)cc2)cc1. The molecule has 0 saturated carbocycles. The largest absolute Gasteiger partial charge is 0.494 e. The fraction of sp³-hybridized carbons (Fsp3) is 0.333. The number of aryl methyl sites for hydroxylation is 1. The van der Waals surface area contributed by atoms with Gasteiger partial charge in [0.2, 0.25) is 15.9 Å². The number of carbonyl (C=O) groups is 2. The van der Waals surface area contributed by atoms with Crippen molar-refractivity contribution in [3.63, 3.8) is 0 Å². The Labute approximate surface area is 171 Å². The Bertz CT molecular complexity index is 923. The summed E-state index contributed by atoms with van der Waals surface area (Å²) < 4.78 is 32.1. The molecule has 2 aromatic carbocycles. The highest BCUT2D eigenvalue weighted by molar-refractivity contribution is 7.89. The molecular formula is C21H26N2O5S. The van der Waals surface area contributed by atoms with Crippen molar-refractivity contribution in [1.82, 2.24) is 10.0 Å². The Morgan fingerprint density at radius 3 is 2.21 bits per heavy atom. The van der Waals surface area contributed by atoms with Gasteiger partial charge in [0.15, 0.2) is 5.78 Å². The van der Waals surface area contributed by atoms with Crippen LogP contribution in [-0.4, -0.2) is 39.8 Å². The fourth-order valence-corrected chi connectivity index (χ4v) is 3.58. The first-order chi connectivity index (χ1) is 13.8. The van der Waals surface area contributed by atoms with E-state index < -0.39 is 10.0 Å². The third kappa shape index (κ3) is 7.32. The van der Waals surface area contributed by atoms with E-state index in [4.69, 9.17) is 4.74 Å². The zero-order valence-corrected chi connectivity index (χ0v) is 17.4. The van der Waals surface area contributed by atoms with Gasteiger partial charge < -0.3 is 10.1 Å². The maximum atomic E-state index is 12.1. The van der Waals surface area contributed by atoms with E-state index in [-0.39, 0.29) is 42.5 Å². The lowest BCUT2D eigenvalue weighted by Gasteiger charge is -2.08. The van der Waals surface area contributed by atoms with Crippen molar-refractivity contribution in [2.24, 2.45) is 0 Å². The Morgan fingerprint density at radius 2 is 1.59 bits per heavy atom. The monoisotopic (exact) mass is 418 g/mol. The van der Waals surface area contributed by atoms with E-state index in [1.54, 1.807) is 36.4 Å². The summed E-state index contributed by atoms with van der Waals surface area (Å²) >= 11 is 0. The van der Waals surface area contributed by atoms with Crippen LogP contribution >= 0.6 is 0 Å². The van der Waals surface area contributed by atoms with Gasteiger partial charge in [0.05, 0.1) is 11.5 Å². The molecule has 0 radical (unpaired) electrons. The van der Waals surface area contributed by atoms with Gasteiger partial charge in [-0.3, -0.25) is 9.59 Å². The molecule has 0 aliphatic carbocycles. The van der Waals surface area contributed by atoms with E-state index in [2.05, 4.69) is 10.0 Å². The second kappa shape index (κ2) is 10.7. The van der Waals surface area contributed by atoms with Crippen LogP contribution in [0, 0.1) is 6.92 Å². The van der Waals surface area contributed by atoms with Crippen LogP contribution < -0.4 is 14.8 Å². The molecule has 0 spiro atoms. The van der Waals surface area contributed by atoms with E-state index in [0.29, 0.717) is 17.9 Å². The molecule has 0 unspecified atom stereocenters. The van der Waals surface area contributed by atoms with E-state index in [1.807, 2.05) is 13.8 Å². The van der Waals surface area contributed by atoms with Crippen LogP contribution in [0.2, 0.25) is 0 Å². The third-order valence-electron chi connectivity index (χ3n) is 4.14. The summed E-state index contributed by atoms with van der Waals surface area (Å²) in [5.41, 5.74) is 1.49. The highest BCUT2D eigenvalue weighted by Gasteiger charge is 2.13. The van der Waals surface area contributed by atoms with Crippen LogP contribution in [0.4, 0.5) is 0 Å². The minimum atomic E-state index is -3.61. The number of hydrogen-bond acceptors (Lipinski definition) is 5. The first-order valence-corrected chi connectivity index (χ1v) is 10.9. The van der Waals surface area contributed by atoms with Crippen molar-refractivity contribution in [3.8, 4) is 5.75 Å². The smallest absolute Gasteiger partial charge is 0.240 e. The van der Waals surface area contributed by atoms with E-state index in [1.165, 1.54) is 12.1 Å². The summed E-state index contributed by atoms with van der Waals surface area (Å²) in [7, 11) is -3.61. The number of ether oxygens (including phenoxy) is 1. The number of ketones is 1. The Balaban J connectivity index is 1.70. The van der Waals surface area contributed by atoms with Gasteiger partial charge in [0.1, 0.15) is 5.75 Å². The summed E-state index contributed by atoms with van der Waals surface area (Å²) in [6, 6.07) is 13.3. The maximum Gasteiger partial charge on any atom is 0.240 e. The topological polar surface area (TPSA) is 102 Å². The Morgan fingerprint density at radius 1 is 0.931 bits per heavy atom. The molecular weight excluding hydrogens is 392 g/mol. The average molecular weight is 419 g/mol. The molecule has 0 heterocycles. The molecule has 156 valence electrons. The molecule has 1 amide bonds. The number of hydrogen-bond donors (Lipinski definition) is 2. The lowest BCUT2D eigenvalue weighted by atomic mass is 10.1. The zero-order valence-electron chi connectivity index (χ0n) is 16.6. The van der Waals surface area contributed by atoms with Crippen molar-refractivity contribution in [2.75, 3.05) is 19.7 Å². The molecule has 29 heavy (non-hydrogen) atoms. The number of benzene rings is 2. The van der Waals surface area contributed by atoms with Crippen LogP contribution in [0.15, 0.2) is 53.4 Å². The van der Waals surface area contributed by atoms with Crippen LogP contribution in [-0.2, 0) is 14.8 Å². The summed E-state index contributed by atoms with van der Waals surface area (Å²) in [4.78, 5) is 24.2. The van der Waals surface area contributed by atoms with Crippen LogP contribution in [0.1, 0.15) is 35.7 Å². The first-order valence-electron chi connectivity index (χ1n) is 9.41. The van der Waals surface area contributed by atoms with Crippen molar-refractivity contribution < 1.29 is 22.7 Å². The van der Waals surface area contributed by atoms with Gasteiger partial charge in [0.25, 0.3) is 0 Å². The summed E-state index contributed by atoms with van der Waals surface area (Å²) in [6.07, 6.45) is 0.117. The molecule has 2 aromatic rings. The van der Waals surface area contributed by atoms with Gasteiger partial charge in [-0.15, -0.1) is 0 Å². The van der Waals surface area contributed by atoms with Crippen LogP contribution in [0.3, 0.4) is 0 Å². The molecule has 8 heteroatoms. The molecule has 0 bridgehead atoms. The van der Waals surface area contributed by atoms with E-state index >= 15 is 0 Å². The third-order valence-corrected chi connectivity index (χ3v) is 5.61. The molecule has 0 aliphatic heterocycles. The summed E-state index contributed by atoms with van der Waals surface area (Å²) in [5.74, 6) is 0.247. The number of amides is 1. The van der Waals surface area contributed by atoms with Gasteiger partial charge in [0, 0.05) is 31.5 Å². The Hall–Kier alpha value is -2.71. The second-order valence-electron chi connectivity index (χ2n) is 6.44. The summed E-state index contributed by atoms with van der Waals surface area (Å²) in [5, 5.41) is 2.61. The number of Topliss-reactive ketones (excluding diaryl/α,β-unsaturated/α-hetero) is 1. The van der Waals surface area contributed by atoms with E-state index in [0.717, 1.165) is 5.56 Å². The van der Waals surface area contributed by atoms with Crippen molar-refractivity contribution in [2.45, 2.75) is 31.6 Å². The van der Waals surface area contributed by atoms with Gasteiger partial charge in [-0.1, -0.05) is 17.7 Å². The van der Waals surface area contributed by atoms with Crippen molar-refractivity contribution >= 4 is 21.7 Å². The molecule has 2 N–H and O–H groups in total. The predicted octanol–water partition coefficient (Wildman–Crippen LogP) is 2.45. The number of rotatable bonds is 11. The average Bonchev–Trinajstić information content (AvgIpc) is 2.70. The Kier molecular flexibility index (Phi) is 8.35. The van der Waals surface area contributed by atoms with Crippen LogP contribution in [0.5, 0.6) is 5.75 Å². The number of nitrogens with one attached hydrogen (secondary N) is 2. The lowest BCUT2D eigenvalue weighted by molar-refractivity contribution is -0.121. The minimum absolute atomic E-state index is 0.0384. The van der Waals surface area contributed by atoms with E-state index in [9.17, 15) is 18.0 Å². The molecule has 0 fully saturated rings. The number of carbonyl (C=O) groups excluding carboxylic acids is 2. The highest BCUT2D eigenvalue weighted by atomic mass is 32.2.